The van der Waals surface area contributed by atoms with Crippen molar-refractivity contribution in [1.29, 1.82) is 5.26 Å². The Morgan fingerprint density at radius 1 is 1.12 bits per heavy atom. The molecule has 6 heteroatoms. The van der Waals surface area contributed by atoms with Crippen molar-refractivity contribution in [3.8, 4) is 6.07 Å². The topological polar surface area (TPSA) is 88.9 Å². The van der Waals surface area contributed by atoms with Crippen molar-refractivity contribution in [3.05, 3.63) is 70.9 Å². The lowest BCUT2D eigenvalue weighted by atomic mass is 10.1. The van der Waals surface area contributed by atoms with Gasteiger partial charge in [-0.2, -0.15) is 5.26 Å². The van der Waals surface area contributed by atoms with Crippen LogP contribution in [0.3, 0.4) is 0 Å². The number of fused-ring (bicyclic) bond motifs is 1. The van der Waals surface area contributed by atoms with Crippen molar-refractivity contribution in [1.82, 2.24) is 4.57 Å². The lowest BCUT2D eigenvalue weighted by Gasteiger charge is -2.07. The monoisotopic (exact) mass is 353 g/mol. The molecule has 25 heavy (non-hydrogen) atoms. The first-order valence-electron chi connectivity index (χ1n) is 7.89. The molecule has 2 N–H and O–H groups in total. The van der Waals surface area contributed by atoms with Crippen LogP contribution >= 0.6 is 0 Å². The number of rotatable bonds is 5. The molecular weight excluding hydrogens is 334 g/mol. The standard InChI is InChI=1S/C19H19N3O2S/c1-14-2-4-15(5-3-14)11-22-12-17(8-9-20)18-10-16(6-7-19(18)22)13-25(21,23)24/h2-7,10,12H,8,11,13H2,1H3,(H2,21,23,24). The van der Waals surface area contributed by atoms with E-state index in [-0.39, 0.29) is 12.2 Å². The summed E-state index contributed by atoms with van der Waals surface area (Å²) in [7, 11) is -3.59. The lowest BCUT2D eigenvalue weighted by Crippen LogP contribution is -2.14. The molecule has 0 aliphatic rings. The van der Waals surface area contributed by atoms with E-state index < -0.39 is 10.0 Å². The molecule has 0 saturated carbocycles. The molecule has 2 aromatic carbocycles. The van der Waals surface area contributed by atoms with E-state index in [9.17, 15) is 8.42 Å². The van der Waals surface area contributed by atoms with Gasteiger partial charge in [0.1, 0.15) is 0 Å². The van der Waals surface area contributed by atoms with Gasteiger partial charge in [-0.25, -0.2) is 13.6 Å². The van der Waals surface area contributed by atoms with E-state index in [2.05, 4.69) is 34.9 Å². The molecule has 0 atom stereocenters. The first-order valence-corrected chi connectivity index (χ1v) is 9.61. The third-order valence-electron chi connectivity index (χ3n) is 4.14. The van der Waals surface area contributed by atoms with Crippen LogP contribution in [0.2, 0.25) is 0 Å². The van der Waals surface area contributed by atoms with Crippen LogP contribution in [-0.2, 0) is 28.7 Å². The molecule has 128 valence electrons. The number of aromatic nitrogens is 1. The summed E-state index contributed by atoms with van der Waals surface area (Å²) >= 11 is 0. The highest BCUT2D eigenvalue weighted by molar-refractivity contribution is 7.88. The van der Waals surface area contributed by atoms with E-state index in [4.69, 9.17) is 10.4 Å². The second-order valence-electron chi connectivity index (χ2n) is 6.26. The second kappa shape index (κ2) is 6.71. The summed E-state index contributed by atoms with van der Waals surface area (Å²) in [5.74, 6) is -0.210. The van der Waals surface area contributed by atoms with E-state index in [0.29, 0.717) is 12.1 Å². The van der Waals surface area contributed by atoms with Gasteiger partial charge in [0.25, 0.3) is 0 Å². The third-order valence-corrected chi connectivity index (χ3v) is 4.87. The van der Waals surface area contributed by atoms with E-state index in [1.54, 1.807) is 6.07 Å². The van der Waals surface area contributed by atoms with Gasteiger partial charge in [-0.05, 0) is 35.7 Å². The van der Waals surface area contributed by atoms with Gasteiger partial charge < -0.3 is 4.57 Å². The minimum absolute atomic E-state index is 0.210. The Kier molecular flexibility index (Phi) is 4.62. The van der Waals surface area contributed by atoms with Crippen molar-refractivity contribution in [3.63, 3.8) is 0 Å². The van der Waals surface area contributed by atoms with Crippen LogP contribution in [0.25, 0.3) is 10.9 Å². The van der Waals surface area contributed by atoms with E-state index >= 15 is 0 Å². The maximum atomic E-state index is 11.3. The van der Waals surface area contributed by atoms with Crippen molar-refractivity contribution in [2.24, 2.45) is 5.14 Å². The van der Waals surface area contributed by atoms with Crippen molar-refractivity contribution in [2.75, 3.05) is 0 Å². The number of hydrogen-bond donors (Lipinski definition) is 1. The average Bonchev–Trinajstić information content (AvgIpc) is 2.86. The van der Waals surface area contributed by atoms with Crippen molar-refractivity contribution < 1.29 is 8.42 Å². The molecular formula is C19H19N3O2S. The van der Waals surface area contributed by atoms with Gasteiger partial charge in [0.05, 0.1) is 18.2 Å². The number of benzene rings is 2. The van der Waals surface area contributed by atoms with Crippen molar-refractivity contribution >= 4 is 20.9 Å². The van der Waals surface area contributed by atoms with Gasteiger partial charge in [-0.15, -0.1) is 0 Å². The fraction of sp³-hybridized carbons (Fsp3) is 0.211. The van der Waals surface area contributed by atoms with E-state index in [0.717, 1.165) is 16.5 Å². The van der Waals surface area contributed by atoms with Gasteiger partial charge in [-0.1, -0.05) is 35.9 Å². The first kappa shape index (κ1) is 17.2. The molecule has 0 unspecified atom stereocenters. The van der Waals surface area contributed by atoms with Crippen molar-refractivity contribution in [2.45, 2.75) is 25.6 Å². The molecule has 0 radical (unpaired) electrons. The lowest BCUT2D eigenvalue weighted by molar-refractivity contribution is 0.597. The number of nitrogens with two attached hydrogens (primary N) is 1. The van der Waals surface area contributed by atoms with Crippen LogP contribution in [-0.4, -0.2) is 13.0 Å². The summed E-state index contributed by atoms with van der Waals surface area (Å²) in [6, 6.07) is 16.0. The van der Waals surface area contributed by atoms with Gasteiger partial charge in [-0.3, -0.25) is 0 Å². The molecule has 0 amide bonds. The fourth-order valence-corrected chi connectivity index (χ4v) is 3.63. The zero-order valence-electron chi connectivity index (χ0n) is 13.9. The Bertz CT molecular complexity index is 1060. The predicted octanol–water partition coefficient (Wildman–Crippen LogP) is 2.85. The van der Waals surface area contributed by atoms with Crippen LogP contribution in [0.15, 0.2) is 48.7 Å². The molecule has 0 bridgehead atoms. The number of sulfonamides is 1. The second-order valence-corrected chi connectivity index (χ2v) is 7.88. The largest absolute Gasteiger partial charge is 0.343 e. The van der Waals surface area contributed by atoms with Crippen LogP contribution in [0.5, 0.6) is 0 Å². The molecule has 5 nitrogen and oxygen atoms in total. The fourth-order valence-electron chi connectivity index (χ4n) is 2.99. The molecule has 0 aliphatic carbocycles. The highest BCUT2D eigenvalue weighted by Crippen LogP contribution is 2.25. The highest BCUT2D eigenvalue weighted by Gasteiger charge is 2.12. The van der Waals surface area contributed by atoms with Gasteiger partial charge in [0.2, 0.25) is 10.0 Å². The molecule has 0 saturated heterocycles. The minimum Gasteiger partial charge on any atom is -0.343 e. The molecule has 0 fully saturated rings. The maximum absolute atomic E-state index is 11.3. The quantitative estimate of drug-likeness (QED) is 0.765. The Morgan fingerprint density at radius 2 is 1.80 bits per heavy atom. The molecule has 0 spiro atoms. The molecule has 3 rings (SSSR count). The molecule has 1 aromatic heterocycles. The van der Waals surface area contributed by atoms with E-state index in [1.807, 2.05) is 25.3 Å². The van der Waals surface area contributed by atoms with Gasteiger partial charge in [0.15, 0.2) is 0 Å². The SMILES string of the molecule is Cc1ccc(Cn2cc(CC#N)c3cc(CS(N)(=O)=O)ccc32)cc1. The number of nitriles is 1. The van der Waals surface area contributed by atoms with Crippen LogP contribution < -0.4 is 5.14 Å². The summed E-state index contributed by atoms with van der Waals surface area (Å²) in [5.41, 5.74) is 4.87. The Balaban J connectivity index is 2.04. The van der Waals surface area contributed by atoms with Crippen LogP contribution in [0, 0.1) is 18.3 Å². The number of hydrogen-bond acceptors (Lipinski definition) is 3. The normalized spacial score (nSPS) is 11.6. The molecule has 3 aromatic rings. The Hall–Kier alpha value is -2.62. The highest BCUT2D eigenvalue weighted by atomic mass is 32.2. The number of aryl methyl sites for hydroxylation is 1. The summed E-state index contributed by atoms with van der Waals surface area (Å²) < 4.78 is 24.8. The smallest absolute Gasteiger partial charge is 0.213 e. The minimum atomic E-state index is -3.59. The number of primary sulfonamides is 1. The average molecular weight is 353 g/mol. The predicted molar refractivity (Wildman–Crippen MR) is 98.3 cm³/mol. The maximum Gasteiger partial charge on any atom is 0.213 e. The Labute approximate surface area is 147 Å². The summed E-state index contributed by atoms with van der Waals surface area (Å²) in [5, 5.41) is 15.1. The third kappa shape index (κ3) is 4.08. The van der Waals surface area contributed by atoms with Gasteiger partial charge >= 0.3 is 0 Å². The summed E-state index contributed by atoms with van der Waals surface area (Å²) in [6.07, 6.45) is 2.24. The summed E-state index contributed by atoms with van der Waals surface area (Å²) in [4.78, 5) is 0. The molecule has 0 aliphatic heterocycles. The number of nitrogens with zero attached hydrogens (tertiary/aromatic N) is 2. The van der Waals surface area contributed by atoms with Gasteiger partial charge in [0, 0.05) is 23.6 Å². The Morgan fingerprint density at radius 3 is 2.44 bits per heavy atom. The zero-order chi connectivity index (χ0) is 18.0. The summed E-state index contributed by atoms with van der Waals surface area (Å²) in [6.45, 7) is 2.74. The van der Waals surface area contributed by atoms with E-state index in [1.165, 1.54) is 11.1 Å². The first-order chi connectivity index (χ1) is 11.9. The van der Waals surface area contributed by atoms with Crippen LogP contribution in [0.4, 0.5) is 0 Å². The van der Waals surface area contributed by atoms with Crippen LogP contribution in [0.1, 0.15) is 22.3 Å². The molecule has 1 heterocycles. The zero-order valence-corrected chi connectivity index (χ0v) is 14.8.